The molecular weight excluding hydrogens is 308 g/mol. The fourth-order valence-corrected chi connectivity index (χ4v) is 3.39. The van der Waals surface area contributed by atoms with Gasteiger partial charge in [0.15, 0.2) is 0 Å². The van der Waals surface area contributed by atoms with Gasteiger partial charge < -0.3 is 9.47 Å². The van der Waals surface area contributed by atoms with E-state index in [-0.39, 0.29) is 23.7 Å². The third-order valence-corrected chi connectivity index (χ3v) is 4.63. The number of piperidine rings is 1. The number of nitrogens with zero attached hydrogens (tertiary/aromatic N) is 4. The maximum absolute atomic E-state index is 12.9. The first-order chi connectivity index (χ1) is 11.5. The summed E-state index contributed by atoms with van der Waals surface area (Å²) in [6, 6.07) is 4.92. The normalized spacial score (nSPS) is 20.8. The molecule has 0 spiro atoms. The van der Waals surface area contributed by atoms with Gasteiger partial charge in [0, 0.05) is 36.1 Å². The van der Waals surface area contributed by atoms with Gasteiger partial charge in [-0.3, -0.25) is 14.9 Å². The number of aromatic nitrogens is 2. The van der Waals surface area contributed by atoms with Crippen LogP contribution in [0, 0.1) is 10.1 Å². The highest BCUT2D eigenvalue weighted by Crippen LogP contribution is 2.28. The second kappa shape index (κ2) is 6.43. The van der Waals surface area contributed by atoms with Gasteiger partial charge in [0.25, 0.3) is 11.6 Å². The molecule has 0 saturated carbocycles. The van der Waals surface area contributed by atoms with E-state index >= 15 is 0 Å². The second-order valence-electron chi connectivity index (χ2n) is 6.27. The summed E-state index contributed by atoms with van der Waals surface area (Å²) in [5, 5.41) is 11.4. The molecule has 24 heavy (non-hydrogen) atoms. The number of hydrogen-bond acceptors (Lipinski definition) is 4. The number of carbonyl (C=O) groups is 1. The Labute approximate surface area is 140 Å². The number of amides is 1. The molecule has 1 amide bonds. The van der Waals surface area contributed by atoms with Crippen LogP contribution in [0.4, 0.5) is 5.69 Å². The first-order valence-corrected chi connectivity index (χ1v) is 8.08. The van der Waals surface area contributed by atoms with Crippen molar-refractivity contribution in [2.24, 2.45) is 0 Å². The van der Waals surface area contributed by atoms with Crippen molar-refractivity contribution in [3.8, 4) is 5.69 Å². The fourth-order valence-electron chi connectivity index (χ4n) is 3.39. The maximum Gasteiger partial charge on any atom is 0.294 e. The minimum atomic E-state index is -0.463. The van der Waals surface area contributed by atoms with Gasteiger partial charge in [-0.25, -0.2) is 4.98 Å². The van der Waals surface area contributed by atoms with E-state index < -0.39 is 4.92 Å². The highest BCUT2D eigenvalue weighted by molar-refractivity contribution is 5.95. The molecule has 126 valence electrons. The van der Waals surface area contributed by atoms with E-state index in [0.29, 0.717) is 11.3 Å². The lowest BCUT2D eigenvalue weighted by Gasteiger charge is -2.39. The van der Waals surface area contributed by atoms with E-state index in [0.717, 1.165) is 19.3 Å². The Balaban J connectivity index is 1.98. The molecular formula is C17H20N4O3. The van der Waals surface area contributed by atoms with Crippen LogP contribution in [-0.4, -0.2) is 37.4 Å². The van der Waals surface area contributed by atoms with Gasteiger partial charge in [0.1, 0.15) is 5.69 Å². The molecule has 1 saturated heterocycles. The molecule has 1 aromatic carbocycles. The van der Waals surface area contributed by atoms with Crippen molar-refractivity contribution in [1.82, 2.24) is 14.5 Å². The molecule has 2 heterocycles. The van der Waals surface area contributed by atoms with Crippen LogP contribution in [0.1, 0.15) is 43.5 Å². The topological polar surface area (TPSA) is 81.3 Å². The average Bonchev–Trinajstić information content (AvgIpc) is 3.08. The quantitative estimate of drug-likeness (QED) is 0.640. The minimum Gasteiger partial charge on any atom is -0.333 e. The van der Waals surface area contributed by atoms with Gasteiger partial charge in [-0.2, -0.15) is 0 Å². The predicted octanol–water partition coefficient (Wildman–Crippen LogP) is 3.18. The van der Waals surface area contributed by atoms with Crippen molar-refractivity contribution in [3.63, 3.8) is 0 Å². The molecule has 2 aromatic rings. The zero-order chi connectivity index (χ0) is 17.3. The Morgan fingerprint density at radius 3 is 2.58 bits per heavy atom. The Hall–Kier alpha value is -2.70. The van der Waals surface area contributed by atoms with Crippen LogP contribution >= 0.6 is 0 Å². The summed E-state index contributed by atoms with van der Waals surface area (Å²) in [5.41, 5.74) is 0.649. The predicted molar refractivity (Wildman–Crippen MR) is 89.2 cm³/mol. The lowest BCUT2D eigenvalue weighted by Crippen LogP contribution is -2.47. The van der Waals surface area contributed by atoms with Crippen LogP contribution in [0.3, 0.4) is 0 Å². The molecule has 0 radical (unpaired) electrons. The minimum absolute atomic E-state index is 0.101. The Morgan fingerprint density at radius 1 is 1.29 bits per heavy atom. The van der Waals surface area contributed by atoms with Gasteiger partial charge in [-0.05, 0) is 45.2 Å². The number of hydrogen-bond donors (Lipinski definition) is 0. The van der Waals surface area contributed by atoms with E-state index in [4.69, 9.17) is 0 Å². The molecule has 0 unspecified atom stereocenters. The summed E-state index contributed by atoms with van der Waals surface area (Å²) in [7, 11) is 0. The average molecular weight is 328 g/mol. The fraction of sp³-hybridized carbons (Fsp3) is 0.412. The Kier molecular flexibility index (Phi) is 4.33. The molecule has 0 bridgehead atoms. The van der Waals surface area contributed by atoms with Crippen molar-refractivity contribution < 1.29 is 9.72 Å². The summed E-state index contributed by atoms with van der Waals surface area (Å²) >= 11 is 0. The van der Waals surface area contributed by atoms with E-state index in [2.05, 4.69) is 4.98 Å². The van der Waals surface area contributed by atoms with Crippen molar-refractivity contribution >= 4 is 11.6 Å². The monoisotopic (exact) mass is 328 g/mol. The van der Waals surface area contributed by atoms with Gasteiger partial charge in [0.05, 0.1) is 11.3 Å². The van der Waals surface area contributed by atoms with Crippen molar-refractivity contribution in [1.29, 1.82) is 0 Å². The number of rotatable bonds is 3. The van der Waals surface area contributed by atoms with Crippen LogP contribution in [0.25, 0.3) is 5.69 Å². The molecule has 0 aliphatic carbocycles. The van der Waals surface area contributed by atoms with E-state index in [1.54, 1.807) is 29.1 Å². The van der Waals surface area contributed by atoms with Crippen LogP contribution < -0.4 is 0 Å². The van der Waals surface area contributed by atoms with Crippen LogP contribution in [0.15, 0.2) is 36.9 Å². The summed E-state index contributed by atoms with van der Waals surface area (Å²) in [6.45, 7) is 4.06. The number of imidazole rings is 1. The maximum atomic E-state index is 12.9. The first-order valence-electron chi connectivity index (χ1n) is 8.08. The zero-order valence-electron chi connectivity index (χ0n) is 13.8. The molecule has 2 atom stereocenters. The second-order valence-corrected chi connectivity index (χ2v) is 6.27. The number of nitro benzene ring substituents is 1. The van der Waals surface area contributed by atoms with Gasteiger partial charge in [-0.1, -0.05) is 0 Å². The van der Waals surface area contributed by atoms with Crippen LogP contribution in [-0.2, 0) is 0 Å². The lowest BCUT2D eigenvalue weighted by molar-refractivity contribution is -0.384. The number of likely N-dealkylation sites (tertiary alicyclic amines) is 1. The van der Waals surface area contributed by atoms with Gasteiger partial charge in [0.2, 0.25) is 0 Å². The summed E-state index contributed by atoms with van der Waals surface area (Å²) in [6.07, 6.45) is 7.72. The first kappa shape index (κ1) is 16.2. The van der Waals surface area contributed by atoms with Crippen LogP contribution in [0.5, 0.6) is 0 Å². The van der Waals surface area contributed by atoms with Gasteiger partial charge >= 0.3 is 0 Å². The van der Waals surface area contributed by atoms with Gasteiger partial charge in [-0.15, -0.1) is 0 Å². The molecule has 7 nitrogen and oxygen atoms in total. The molecule has 1 aliphatic rings. The summed E-state index contributed by atoms with van der Waals surface area (Å²) in [4.78, 5) is 29.6. The molecule has 0 N–H and O–H groups in total. The summed E-state index contributed by atoms with van der Waals surface area (Å²) < 4.78 is 1.57. The molecule has 1 fully saturated rings. The lowest BCUT2D eigenvalue weighted by atomic mass is 9.96. The summed E-state index contributed by atoms with van der Waals surface area (Å²) in [5.74, 6) is -0.144. The third-order valence-electron chi connectivity index (χ3n) is 4.63. The highest BCUT2D eigenvalue weighted by atomic mass is 16.6. The zero-order valence-corrected chi connectivity index (χ0v) is 13.8. The highest BCUT2D eigenvalue weighted by Gasteiger charge is 2.30. The van der Waals surface area contributed by atoms with E-state index in [9.17, 15) is 14.9 Å². The van der Waals surface area contributed by atoms with Crippen molar-refractivity contribution in [3.05, 3.63) is 52.6 Å². The van der Waals surface area contributed by atoms with Crippen molar-refractivity contribution in [2.45, 2.75) is 45.2 Å². The number of carbonyl (C=O) groups excluding carboxylic acids is 1. The molecule has 1 aliphatic heterocycles. The standard InChI is InChI=1S/C17H20N4O3/c1-12-4-3-5-13(2)20(12)17(22)14-6-7-15(16(10-14)21(23)24)19-9-8-18-11-19/h6-13H,3-5H2,1-2H3/t12-,13-/m0/s1. The largest absolute Gasteiger partial charge is 0.333 e. The third kappa shape index (κ3) is 2.89. The molecule has 3 rings (SSSR count). The SMILES string of the molecule is C[C@H]1CCC[C@H](C)N1C(=O)c1ccc(-n2ccnc2)c([N+](=O)[O-])c1. The van der Waals surface area contributed by atoms with E-state index in [1.165, 1.54) is 12.4 Å². The molecule has 7 heteroatoms. The number of benzene rings is 1. The van der Waals surface area contributed by atoms with Crippen molar-refractivity contribution in [2.75, 3.05) is 0 Å². The number of nitro groups is 1. The smallest absolute Gasteiger partial charge is 0.294 e. The molecule has 1 aromatic heterocycles. The van der Waals surface area contributed by atoms with Crippen LogP contribution in [0.2, 0.25) is 0 Å². The Morgan fingerprint density at radius 2 is 2.00 bits per heavy atom. The Bertz CT molecular complexity index is 747. The van der Waals surface area contributed by atoms with E-state index in [1.807, 2.05) is 18.7 Å².